The molecule has 0 unspecified atom stereocenters. The number of amides is 2. The van der Waals surface area contributed by atoms with Gasteiger partial charge in [-0.2, -0.15) is 0 Å². The van der Waals surface area contributed by atoms with Gasteiger partial charge in [0.05, 0.1) is 0 Å². The third-order valence-corrected chi connectivity index (χ3v) is 3.14. The summed E-state index contributed by atoms with van der Waals surface area (Å²) in [6.45, 7) is 3.99. The van der Waals surface area contributed by atoms with Crippen LogP contribution >= 0.6 is 0 Å². The summed E-state index contributed by atoms with van der Waals surface area (Å²) in [4.78, 5) is 31.3. The maximum absolute atomic E-state index is 12.0. The predicted molar refractivity (Wildman–Crippen MR) is 87.5 cm³/mol. The quantitative estimate of drug-likeness (QED) is 0.776. The molecular formula is C16H19N5O2. The van der Waals surface area contributed by atoms with Gasteiger partial charge in [-0.3, -0.25) is 9.59 Å². The fourth-order valence-corrected chi connectivity index (χ4v) is 1.78. The number of aromatic nitrogens is 2. The molecule has 0 radical (unpaired) electrons. The highest BCUT2D eigenvalue weighted by atomic mass is 16.2. The Morgan fingerprint density at radius 1 is 1.13 bits per heavy atom. The number of nitrogens with two attached hydrogens (primary N) is 1. The molecular weight excluding hydrogens is 294 g/mol. The van der Waals surface area contributed by atoms with Crippen molar-refractivity contribution in [2.75, 3.05) is 11.1 Å². The van der Waals surface area contributed by atoms with Crippen LogP contribution in [-0.2, 0) is 11.3 Å². The second-order valence-corrected chi connectivity index (χ2v) is 5.31. The SMILES string of the molecule is CC(C)C(=O)Nc1ccc(CNC(=O)c2nccnc2N)cc1. The summed E-state index contributed by atoms with van der Waals surface area (Å²) < 4.78 is 0. The zero-order valence-electron chi connectivity index (χ0n) is 13.0. The van der Waals surface area contributed by atoms with E-state index >= 15 is 0 Å². The Morgan fingerprint density at radius 2 is 1.78 bits per heavy atom. The average molecular weight is 313 g/mol. The maximum atomic E-state index is 12.0. The smallest absolute Gasteiger partial charge is 0.273 e. The van der Waals surface area contributed by atoms with Crippen LogP contribution < -0.4 is 16.4 Å². The molecule has 0 bridgehead atoms. The highest BCUT2D eigenvalue weighted by Crippen LogP contribution is 2.11. The lowest BCUT2D eigenvalue weighted by molar-refractivity contribution is -0.118. The van der Waals surface area contributed by atoms with Crippen LogP contribution in [0, 0.1) is 5.92 Å². The number of anilines is 2. The minimum atomic E-state index is -0.382. The molecule has 0 saturated carbocycles. The van der Waals surface area contributed by atoms with Gasteiger partial charge in [-0.05, 0) is 17.7 Å². The number of nitrogen functional groups attached to an aromatic ring is 1. The number of hydrogen-bond donors (Lipinski definition) is 3. The van der Waals surface area contributed by atoms with Crippen LogP contribution in [0.1, 0.15) is 29.9 Å². The molecule has 0 aliphatic heterocycles. The van der Waals surface area contributed by atoms with Crippen LogP contribution in [0.3, 0.4) is 0 Å². The van der Waals surface area contributed by atoms with E-state index < -0.39 is 0 Å². The van der Waals surface area contributed by atoms with Gasteiger partial charge in [-0.25, -0.2) is 9.97 Å². The summed E-state index contributed by atoms with van der Waals surface area (Å²) in [7, 11) is 0. The minimum Gasteiger partial charge on any atom is -0.382 e. The molecule has 1 aromatic carbocycles. The van der Waals surface area contributed by atoms with Crippen LogP contribution in [0.5, 0.6) is 0 Å². The number of nitrogens with one attached hydrogen (secondary N) is 2. The molecule has 1 heterocycles. The fraction of sp³-hybridized carbons (Fsp3) is 0.250. The molecule has 23 heavy (non-hydrogen) atoms. The second kappa shape index (κ2) is 7.35. The normalized spacial score (nSPS) is 10.4. The third kappa shape index (κ3) is 4.50. The number of nitrogens with zero attached hydrogens (tertiary/aromatic N) is 2. The lowest BCUT2D eigenvalue weighted by Crippen LogP contribution is -2.25. The molecule has 2 rings (SSSR count). The average Bonchev–Trinajstić information content (AvgIpc) is 2.54. The largest absolute Gasteiger partial charge is 0.382 e. The van der Waals surface area contributed by atoms with Gasteiger partial charge in [0, 0.05) is 30.5 Å². The second-order valence-electron chi connectivity index (χ2n) is 5.31. The third-order valence-electron chi connectivity index (χ3n) is 3.14. The van der Waals surface area contributed by atoms with Gasteiger partial charge in [0.25, 0.3) is 5.91 Å². The number of benzene rings is 1. The van der Waals surface area contributed by atoms with Crippen LogP contribution in [-0.4, -0.2) is 21.8 Å². The molecule has 0 saturated heterocycles. The van der Waals surface area contributed by atoms with Gasteiger partial charge in [-0.15, -0.1) is 0 Å². The Kier molecular flexibility index (Phi) is 5.24. The molecule has 0 atom stereocenters. The first kappa shape index (κ1) is 16.4. The zero-order chi connectivity index (χ0) is 16.8. The summed E-state index contributed by atoms with van der Waals surface area (Å²) in [6.07, 6.45) is 2.84. The summed E-state index contributed by atoms with van der Waals surface area (Å²) in [6, 6.07) is 7.24. The molecule has 120 valence electrons. The lowest BCUT2D eigenvalue weighted by Gasteiger charge is -2.09. The van der Waals surface area contributed by atoms with E-state index in [9.17, 15) is 9.59 Å². The molecule has 0 aliphatic carbocycles. The highest BCUT2D eigenvalue weighted by molar-refractivity contribution is 5.96. The first-order chi connectivity index (χ1) is 11.0. The molecule has 2 aromatic rings. The lowest BCUT2D eigenvalue weighted by atomic mass is 10.1. The Labute approximate surface area is 134 Å². The van der Waals surface area contributed by atoms with E-state index in [4.69, 9.17) is 5.73 Å². The van der Waals surface area contributed by atoms with E-state index in [-0.39, 0.29) is 29.2 Å². The Hall–Kier alpha value is -2.96. The van der Waals surface area contributed by atoms with Crippen LogP contribution in [0.25, 0.3) is 0 Å². The number of carbonyl (C=O) groups is 2. The van der Waals surface area contributed by atoms with Crippen molar-refractivity contribution in [2.24, 2.45) is 5.92 Å². The number of rotatable bonds is 5. The van der Waals surface area contributed by atoms with E-state index in [1.54, 1.807) is 12.1 Å². The first-order valence-corrected chi connectivity index (χ1v) is 7.22. The Morgan fingerprint density at radius 3 is 2.39 bits per heavy atom. The molecule has 7 heteroatoms. The fourth-order valence-electron chi connectivity index (χ4n) is 1.78. The standard InChI is InChI=1S/C16H19N5O2/c1-10(2)15(22)21-12-5-3-11(4-6-12)9-20-16(23)13-14(17)19-8-7-18-13/h3-8,10H,9H2,1-2H3,(H2,17,19)(H,20,23)(H,21,22). The van der Waals surface area contributed by atoms with Crippen LogP contribution in [0.4, 0.5) is 11.5 Å². The molecule has 0 fully saturated rings. The molecule has 7 nitrogen and oxygen atoms in total. The molecule has 4 N–H and O–H groups in total. The van der Waals surface area contributed by atoms with Gasteiger partial charge < -0.3 is 16.4 Å². The number of carbonyl (C=O) groups excluding carboxylic acids is 2. The van der Waals surface area contributed by atoms with E-state index in [1.165, 1.54) is 12.4 Å². The Balaban J connectivity index is 1.93. The summed E-state index contributed by atoms with van der Waals surface area (Å²) in [5.74, 6) is -0.403. The van der Waals surface area contributed by atoms with E-state index in [0.29, 0.717) is 6.54 Å². The van der Waals surface area contributed by atoms with Gasteiger partial charge in [0.1, 0.15) is 0 Å². The van der Waals surface area contributed by atoms with E-state index in [2.05, 4.69) is 20.6 Å². The topological polar surface area (TPSA) is 110 Å². The summed E-state index contributed by atoms with van der Waals surface area (Å²) in [5, 5.41) is 5.53. The first-order valence-electron chi connectivity index (χ1n) is 7.22. The highest BCUT2D eigenvalue weighted by Gasteiger charge is 2.11. The van der Waals surface area contributed by atoms with Crippen LogP contribution in [0.15, 0.2) is 36.7 Å². The van der Waals surface area contributed by atoms with Gasteiger partial charge >= 0.3 is 0 Å². The summed E-state index contributed by atoms with van der Waals surface area (Å²) >= 11 is 0. The molecule has 0 spiro atoms. The number of hydrogen-bond acceptors (Lipinski definition) is 5. The van der Waals surface area contributed by atoms with Gasteiger partial charge in [0.15, 0.2) is 11.5 Å². The van der Waals surface area contributed by atoms with Crippen LogP contribution in [0.2, 0.25) is 0 Å². The maximum Gasteiger partial charge on any atom is 0.273 e. The van der Waals surface area contributed by atoms with Crippen molar-refractivity contribution < 1.29 is 9.59 Å². The van der Waals surface area contributed by atoms with Crippen molar-refractivity contribution in [3.63, 3.8) is 0 Å². The summed E-state index contributed by atoms with van der Waals surface area (Å²) in [5.41, 5.74) is 7.32. The van der Waals surface area contributed by atoms with Crippen molar-refractivity contribution in [3.8, 4) is 0 Å². The van der Waals surface area contributed by atoms with Crippen molar-refractivity contribution in [3.05, 3.63) is 47.9 Å². The van der Waals surface area contributed by atoms with Gasteiger partial charge in [0.2, 0.25) is 5.91 Å². The van der Waals surface area contributed by atoms with E-state index in [1.807, 2.05) is 26.0 Å². The van der Waals surface area contributed by atoms with Gasteiger partial charge in [-0.1, -0.05) is 26.0 Å². The minimum absolute atomic E-state index is 0.0378. The predicted octanol–water partition coefficient (Wildman–Crippen LogP) is 1.58. The Bertz CT molecular complexity index is 698. The molecule has 2 amide bonds. The van der Waals surface area contributed by atoms with Crippen molar-refractivity contribution in [2.45, 2.75) is 20.4 Å². The van der Waals surface area contributed by atoms with Crippen molar-refractivity contribution >= 4 is 23.3 Å². The van der Waals surface area contributed by atoms with E-state index in [0.717, 1.165) is 11.3 Å². The molecule has 0 aliphatic rings. The monoisotopic (exact) mass is 313 g/mol. The van der Waals surface area contributed by atoms with Crippen molar-refractivity contribution in [1.82, 2.24) is 15.3 Å². The zero-order valence-corrected chi connectivity index (χ0v) is 13.0. The van der Waals surface area contributed by atoms with Crippen molar-refractivity contribution in [1.29, 1.82) is 0 Å². The molecule has 1 aromatic heterocycles.